The molecule has 0 atom stereocenters. The van der Waals surface area contributed by atoms with Gasteiger partial charge in [-0.15, -0.1) is 0 Å². The zero-order valence-electron chi connectivity index (χ0n) is 12.9. The fourth-order valence-electron chi connectivity index (χ4n) is 2.06. The molecule has 0 aliphatic rings. The number of aromatic nitrogens is 1. The molecule has 1 aromatic heterocycles. The molecule has 0 bridgehead atoms. The van der Waals surface area contributed by atoms with E-state index in [-0.39, 0.29) is 10.8 Å². The Morgan fingerprint density at radius 3 is 1.80 bits per heavy atom. The standard InChI is InChI=1S/C18H22FN/c1-17(2,3)18(4,5)15-9-6-13(7-10-15)14-8-11-16(19)20-12-14/h6-12H,1-5H3. The van der Waals surface area contributed by atoms with Gasteiger partial charge in [0.05, 0.1) is 0 Å². The second-order valence-electron chi connectivity index (χ2n) is 6.82. The molecule has 1 nitrogen and oxygen atoms in total. The molecule has 2 heteroatoms. The van der Waals surface area contributed by atoms with E-state index in [1.807, 2.05) is 0 Å². The first-order valence-corrected chi connectivity index (χ1v) is 6.94. The van der Waals surface area contributed by atoms with E-state index in [0.717, 1.165) is 11.1 Å². The van der Waals surface area contributed by atoms with E-state index in [9.17, 15) is 4.39 Å². The molecular weight excluding hydrogens is 249 g/mol. The molecule has 2 aromatic rings. The molecule has 0 aliphatic carbocycles. The lowest BCUT2D eigenvalue weighted by atomic mass is 9.65. The zero-order valence-corrected chi connectivity index (χ0v) is 12.9. The Kier molecular flexibility index (Phi) is 3.68. The molecule has 0 fully saturated rings. The van der Waals surface area contributed by atoms with Gasteiger partial charge < -0.3 is 0 Å². The highest BCUT2D eigenvalue weighted by molar-refractivity contribution is 5.62. The highest BCUT2D eigenvalue weighted by atomic mass is 19.1. The number of pyridine rings is 1. The number of halogens is 1. The van der Waals surface area contributed by atoms with Gasteiger partial charge in [-0.25, -0.2) is 4.98 Å². The molecular formula is C18H22FN. The van der Waals surface area contributed by atoms with E-state index < -0.39 is 5.95 Å². The molecule has 0 N–H and O–H groups in total. The van der Waals surface area contributed by atoms with Gasteiger partial charge in [0.1, 0.15) is 0 Å². The highest BCUT2D eigenvalue weighted by Crippen LogP contribution is 2.41. The molecule has 0 spiro atoms. The summed E-state index contributed by atoms with van der Waals surface area (Å²) >= 11 is 0. The van der Waals surface area contributed by atoms with Crippen molar-refractivity contribution in [2.24, 2.45) is 5.41 Å². The van der Waals surface area contributed by atoms with Crippen LogP contribution in [0.1, 0.15) is 40.2 Å². The maximum atomic E-state index is 12.8. The fourth-order valence-corrected chi connectivity index (χ4v) is 2.06. The van der Waals surface area contributed by atoms with Crippen molar-refractivity contribution in [2.45, 2.75) is 40.0 Å². The Morgan fingerprint density at radius 1 is 0.800 bits per heavy atom. The van der Waals surface area contributed by atoms with E-state index >= 15 is 0 Å². The van der Waals surface area contributed by atoms with E-state index in [2.05, 4.69) is 63.9 Å². The molecule has 1 aromatic carbocycles. The first-order chi connectivity index (χ1) is 9.22. The van der Waals surface area contributed by atoms with Gasteiger partial charge >= 0.3 is 0 Å². The van der Waals surface area contributed by atoms with Crippen LogP contribution in [0.5, 0.6) is 0 Å². The average Bonchev–Trinajstić information content (AvgIpc) is 2.38. The van der Waals surface area contributed by atoms with Gasteiger partial charge in [-0.3, -0.25) is 0 Å². The van der Waals surface area contributed by atoms with Gasteiger partial charge in [-0.1, -0.05) is 58.9 Å². The largest absolute Gasteiger partial charge is 0.228 e. The molecule has 0 unspecified atom stereocenters. The quantitative estimate of drug-likeness (QED) is 0.683. The summed E-state index contributed by atoms with van der Waals surface area (Å²) in [7, 11) is 0. The maximum absolute atomic E-state index is 12.8. The average molecular weight is 271 g/mol. The second kappa shape index (κ2) is 5.01. The topological polar surface area (TPSA) is 12.9 Å². The Hall–Kier alpha value is -1.70. The molecule has 0 radical (unpaired) electrons. The van der Waals surface area contributed by atoms with Crippen LogP contribution in [0.3, 0.4) is 0 Å². The van der Waals surface area contributed by atoms with Crippen molar-refractivity contribution in [1.82, 2.24) is 4.98 Å². The van der Waals surface area contributed by atoms with Crippen molar-refractivity contribution in [2.75, 3.05) is 0 Å². The third-order valence-electron chi connectivity index (χ3n) is 4.54. The Morgan fingerprint density at radius 2 is 1.35 bits per heavy atom. The molecule has 0 aliphatic heterocycles. The zero-order chi connectivity index (χ0) is 15.0. The Labute approximate surface area is 120 Å². The summed E-state index contributed by atoms with van der Waals surface area (Å²) in [5, 5.41) is 0. The summed E-state index contributed by atoms with van der Waals surface area (Å²) in [4.78, 5) is 3.70. The summed E-state index contributed by atoms with van der Waals surface area (Å²) in [6.45, 7) is 11.3. The number of hydrogen-bond acceptors (Lipinski definition) is 1. The number of nitrogens with zero attached hydrogens (tertiary/aromatic N) is 1. The number of rotatable bonds is 2. The van der Waals surface area contributed by atoms with Crippen molar-refractivity contribution >= 4 is 0 Å². The van der Waals surface area contributed by atoms with Crippen LogP contribution in [0.4, 0.5) is 4.39 Å². The summed E-state index contributed by atoms with van der Waals surface area (Å²) in [5.41, 5.74) is 3.58. The third-order valence-corrected chi connectivity index (χ3v) is 4.54. The summed E-state index contributed by atoms with van der Waals surface area (Å²) in [6.07, 6.45) is 1.57. The smallest absolute Gasteiger partial charge is 0.212 e. The minimum Gasteiger partial charge on any atom is -0.228 e. The Bertz CT molecular complexity index is 574. The first-order valence-electron chi connectivity index (χ1n) is 6.94. The second-order valence-corrected chi connectivity index (χ2v) is 6.82. The SMILES string of the molecule is CC(C)(C)C(C)(C)c1ccc(-c2ccc(F)nc2)cc1. The van der Waals surface area contributed by atoms with Crippen LogP contribution in [-0.2, 0) is 5.41 Å². The molecule has 0 saturated carbocycles. The van der Waals surface area contributed by atoms with E-state index in [0.29, 0.717) is 0 Å². The predicted octanol–water partition coefficient (Wildman–Crippen LogP) is 5.21. The minimum absolute atomic E-state index is 0.0899. The van der Waals surface area contributed by atoms with Crippen LogP contribution in [0.2, 0.25) is 0 Å². The number of benzene rings is 1. The van der Waals surface area contributed by atoms with Crippen molar-refractivity contribution in [3.63, 3.8) is 0 Å². The molecule has 20 heavy (non-hydrogen) atoms. The molecule has 106 valence electrons. The van der Waals surface area contributed by atoms with E-state index in [1.165, 1.54) is 11.6 Å². The van der Waals surface area contributed by atoms with Crippen LogP contribution >= 0.6 is 0 Å². The van der Waals surface area contributed by atoms with Gasteiger partial charge in [0, 0.05) is 11.8 Å². The molecule has 1 heterocycles. The lowest BCUT2D eigenvalue weighted by Gasteiger charge is -2.39. The first kappa shape index (κ1) is 14.7. The Balaban J connectivity index is 2.33. The maximum Gasteiger partial charge on any atom is 0.212 e. The van der Waals surface area contributed by atoms with Crippen molar-refractivity contribution in [3.8, 4) is 11.1 Å². The van der Waals surface area contributed by atoms with Crippen LogP contribution in [0, 0.1) is 11.4 Å². The van der Waals surface area contributed by atoms with Crippen LogP contribution < -0.4 is 0 Å². The van der Waals surface area contributed by atoms with Gasteiger partial charge in [0.2, 0.25) is 5.95 Å². The summed E-state index contributed by atoms with van der Waals surface area (Å²) < 4.78 is 12.8. The monoisotopic (exact) mass is 271 g/mol. The van der Waals surface area contributed by atoms with Crippen LogP contribution in [0.15, 0.2) is 42.6 Å². The van der Waals surface area contributed by atoms with Crippen molar-refractivity contribution in [1.29, 1.82) is 0 Å². The van der Waals surface area contributed by atoms with Crippen molar-refractivity contribution < 1.29 is 4.39 Å². The van der Waals surface area contributed by atoms with Gasteiger partial charge in [0.25, 0.3) is 0 Å². The normalized spacial score (nSPS) is 12.5. The van der Waals surface area contributed by atoms with Crippen LogP contribution in [-0.4, -0.2) is 4.98 Å². The summed E-state index contributed by atoms with van der Waals surface area (Å²) in [6, 6.07) is 11.6. The summed E-state index contributed by atoms with van der Waals surface area (Å²) in [5.74, 6) is -0.445. The van der Waals surface area contributed by atoms with Gasteiger partial charge in [-0.2, -0.15) is 4.39 Å². The van der Waals surface area contributed by atoms with Gasteiger partial charge in [-0.05, 0) is 34.1 Å². The van der Waals surface area contributed by atoms with Gasteiger partial charge in [0.15, 0.2) is 0 Å². The van der Waals surface area contributed by atoms with Crippen molar-refractivity contribution in [3.05, 3.63) is 54.1 Å². The van der Waals surface area contributed by atoms with E-state index in [1.54, 1.807) is 12.3 Å². The van der Waals surface area contributed by atoms with Crippen LogP contribution in [0.25, 0.3) is 11.1 Å². The predicted molar refractivity (Wildman–Crippen MR) is 82.1 cm³/mol. The lowest BCUT2D eigenvalue weighted by Crippen LogP contribution is -2.33. The third kappa shape index (κ3) is 2.74. The lowest BCUT2D eigenvalue weighted by molar-refractivity contribution is 0.225. The molecule has 0 amide bonds. The minimum atomic E-state index is -0.445. The molecule has 0 saturated heterocycles. The number of hydrogen-bond donors (Lipinski definition) is 0. The van der Waals surface area contributed by atoms with E-state index in [4.69, 9.17) is 0 Å². The molecule has 2 rings (SSSR count). The fraction of sp³-hybridized carbons (Fsp3) is 0.389. The highest BCUT2D eigenvalue weighted by Gasteiger charge is 2.34.